The van der Waals surface area contributed by atoms with Gasteiger partial charge in [-0.15, -0.1) is 0 Å². The van der Waals surface area contributed by atoms with Crippen LogP contribution in [0.2, 0.25) is 0 Å². The molecule has 238 valence electrons. The molecule has 4 atom stereocenters. The van der Waals surface area contributed by atoms with Crippen molar-refractivity contribution < 1.29 is 38.1 Å². The van der Waals surface area contributed by atoms with Gasteiger partial charge in [0.15, 0.2) is 35.4 Å². The van der Waals surface area contributed by atoms with Crippen LogP contribution >= 0.6 is 0 Å². The number of hydrogen-bond acceptors (Lipinski definition) is 14. The Morgan fingerprint density at radius 3 is 2.17 bits per heavy atom. The van der Waals surface area contributed by atoms with Gasteiger partial charge in [-0.05, 0) is 24.3 Å². The van der Waals surface area contributed by atoms with E-state index >= 15 is 0 Å². The van der Waals surface area contributed by atoms with Crippen LogP contribution in [-0.4, -0.2) is 68.4 Å². The Labute approximate surface area is 261 Å². The topological polar surface area (TPSA) is 210 Å². The van der Waals surface area contributed by atoms with E-state index in [1.807, 2.05) is 36.4 Å². The summed E-state index contributed by atoms with van der Waals surface area (Å²) in [4.78, 5) is 61.4. The third-order valence-electron chi connectivity index (χ3n) is 6.38. The molecule has 0 unspecified atom stereocenters. The third-order valence-corrected chi connectivity index (χ3v) is 6.38. The lowest BCUT2D eigenvalue weighted by molar-refractivity contribution is -0.166. The molecule has 2 aromatic heterocycles. The molecule has 2 aromatic carbocycles. The van der Waals surface area contributed by atoms with Gasteiger partial charge in [0.1, 0.15) is 12.7 Å². The SMILES string of the molecule is CC(=O)OC[C@H]1O[C@@H](n2cnc3c(Nc4ccccc4)nc(/N=N/NC(=O)Nc4ccccc4)nc32)[C@H](OC(C)=O)[C@@H]1OC(C)=O. The lowest BCUT2D eigenvalue weighted by Crippen LogP contribution is -2.40. The number of carbonyl (C=O) groups is 4. The number of imidazole rings is 1. The van der Waals surface area contributed by atoms with Crippen LogP contribution in [-0.2, 0) is 33.3 Å². The van der Waals surface area contributed by atoms with Gasteiger partial charge in [-0.2, -0.15) is 9.97 Å². The van der Waals surface area contributed by atoms with Crippen LogP contribution in [0.3, 0.4) is 0 Å². The molecule has 46 heavy (non-hydrogen) atoms. The van der Waals surface area contributed by atoms with Gasteiger partial charge in [-0.3, -0.25) is 19.0 Å². The van der Waals surface area contributed by atoms with E-state index in [-0.39, 0.29) is 29.5 Å². The number of benzene rings is 2. The van der Waals surface area contributed by atoms with E-state index in [1.54, 1.807) is 24.3 Å². The number of amides is 2. The molecule has 0 radical (unpaired) electrons. The van der Waals surface area contributed by atoms with Crippen LogP contribution in [0.25, 0.3) is 11.2 Å². The van der Waals surface area contributed by atoms with Crippen molar-refractivity contribution in [2.45, 2.75) is 45.3 Å². The Kier molecular flexibility index (Phi) is 9.72. The van der Waals surface area contributed by atoms with Gasteiger partial charge in [0.25, 0.3) is 5.95 Å². The van der Waals surface area contributed by atoms with Crippen LogP contribution in [0, 0.1) is 0 Å². The molecule has 1 aliphatic rings. The van der Waals surface area contributed by atoms with Gasteiger partial charge >= 0.3 is 23.9 Å². The summed E-state index contributed by atoms with van der Waals surface area (Å²) in [7, 11) is 0. The molecule has 0 spiro atoms. The van der Waals surface area contributed by atoms with Crippen LogP contribution in [0.1, 0.15) is 27.0 Å². The van der Waals surface area contributed by atoms with Crippen LogP contribution < -0.4 is 16.1 Å². The van der Waals surface area contributed by atoms with Gasteiger partial charge in [-0.1, -0.05) is 46.7 Å². The van der Waals surface area contributed by atoms with Crippen molar-refractivity contribution in [3.05, 3.63) is 67.0 Å². The van der Waals surface area contributed by atoms with Crippen LogP contribution in [0.15, 0.2) is 77.3 Å². The number of aromatic nitrogens is 4. The number of anilines is 3. The smallest absolute Gasteiger partial charge is 0.341 e. The zero-order chi connectivity index (χ0) is 32.6. The Morgan fingerprint density at radius 2 is 1.52 bits per heavy atom. The van der Waals surface area contributed by atoms with Gasteiger partial charge in [0.2, 0.25) is 0 Å². The number of hydrogen-bond donors (Lipinski definition) is 3. The molecule has 3 N–H and O–H groups in total. The van der Waals surface area contributed by atoms with E-state index in [9.17, 15) is 19.2 Å². The standard InChI is InChI=1S/C29H29N9O8/c1-16(39)43-14-21-23(44-17(2)40)24(45-18(3)41)27(46-21)38-15-30-22-25(31-19-10-6-4-7-11-19)33-28(34-26(22)38)35-37-36-29(42)32-20-12-8-5-9-13-20/h4-13,15,21,23-24,27H,14H2,1-3H3,(H3,31,32,33,34,35,36,42)/t21-,23-,24-,27-/m1/s1. The van der Waals surface area contributed by atoms with E-state index < -0.39 is 48.5 Å². The summed E-state index contributed by atoms with van der Waals surface area (Å²) in [5.74, 6) is -1.88. The first-order valence-corrected chi connectivity index (χ1v) is 13.9. The molecule has 0 saturated carbocycles. The van der Waals surface area contributed by atoms with Crippen molar-refractivity contribution in [3.8, 4) is 0 Å². The minimum absolute atomic E-state index is 0.160. The molecule has 17 nitrogen and oxygen atoms in total. The van der Waals surface area contributed by atoms with Crippen molar-refractivity contribution in [2.75, 3.05) is 17.2 Å². The predicted molar refractivity (Wildman–Crippen MR) is 160 cm³/mol. The molecule has 5 rings (SSSR count). The molecule has 17 heteroatoms. The number of fused-ring (bicyclic) bond motifs is 1. The summed E-state index contributed by atoms with van der Waals surface area (Å²) in [6, 6.07) is 17.2. The van der Waals surface area contributed by atoms with Crippen LogP contribution in [0.5, 0.6) is 0 Å². The van der Waals surface area contributed by atoms with Gasteiger partial charge in [-0.25, -0.2) is 15.2 Å². The minimum Gasteiger partial charge on any atom is -0.463 e. The fraction of sp³-hybridized carbons (Fsp3) is 0.276. The van der Waals surface area contributed by atoms with Crippen LogP contribution in [0.4, 0.5) is 27.9 Å². The number of para-hydroxylation sites is 2. The summed E-state index contributed by atoms with van der Waals surface area (Å²) in [6.45, 7) is 3.30. The Bertz CT molecular complexity index is 1750. The van der Waals surface area contributed by atoms with Gasteiger partial charge in [0, 0.05) is 32.1 Å². The highest BCUT2D eigenvalue weighted by Gasteiger charge is 2.51. The first-order chi connectivity index (χ1) is 22.2. The number of esters is 3. The molecular weight excluding hydrogens is 602 g/mol. The fourth-order valence-electron chi connectivity index (χ4n) is 4.59. The molecule has 1 fully saturated rings. The average Bonchev–Trinajstić information content (AvgIpc) is 3.58. The number of ether oxygens (including phenoxy) is 4. The fourth-order valence-corrected chi connectivity index (χ4v) is 4.59. The van der Waals surface area contributed by atoms with Gasteiger partial charge in [0.05, 0.1) is 6.33 Å². The Hall–Kier alpha value is -5.97. The lowest BCUT2D eigenvalue weighted by atomic mass is 10.1. The molecule has 0 bridgehead atoms. The lowest BCUT2D eigenvalue weighted by Gasteiger charge is -2.23. The highest BCUT2D eigenvalue weighted by molar-refractivity contribution is 5.89. The minimum atomic E-state index is -1.19. The Balaban J connectivity index is 1.51. The predicted octanol–water partition coefficient (Wildman–Crippen LogP) is 3.71. The molecular formula is C29H29N9O8. The summed E-state index contributed by atoms with van der Waals surface area (Å²) in [5, 5.41) is 13.5. The van der Waals surface area contributed by atoms with E-state index in [1.165, 1.54) is 31.7 Å². The maximum absolute atomic E-state index is 12.3. The third kappa shape index (κ3) is 7.75. The largest absolute Gasteiger partial charge is 0.463 e. The number of nitrogens with one attached hydrogen (secondary N) is 3. The zero-order valence-electron chi connectivity index (χ0n) is 24.8. The van der Waals surface area contributed by atoms with Gasteiger partial charge < -0.3 is 29.6 Å². The second-order valence-corrected chi connectivity index (χ2v) is 9.84. The molecule has 0 aliphatic carbocycles. The first kappa shape index (κ1) is 31.5. The molecule has 1 aliphatic heterocycles. The number of rotatable bonds is 10. The summed E-state index contributed by atoms with van der Waals surface area (Å²) >= 11 is 0. The van der Waals surface area contributed by atoms with Crippen molar-refractivity contribution in [1.82, 2.24) is 24.9 Å². The molecule has 3 heterocycles. The van der Waals surface area contributed by atoms with E-state index in [2.05, 4.69) is 41.3 Å². The second-order valence-electron chi connectivity index (χ2n) is 9.84. The summed E-state index contributed by atoms with van der Waals surface area (Å²) < 4.78 is 23.7. The number of urea groups is 1. The van der Waals surface area contributed by atoms with E-state index in [0.29, 0.717) is 11.4 Å². The summed E-state index contributed by atoms with van der Waals surface area (Å²) in [5.41, 5.74) is 3.91. The van der Waals surface area contributed by atoms with Crippen molar-refractivity contribution in [2.24, 2.45) is 10.3 Å². The Morgan fingerprint density at radius 1 is 0.870 bits per heavy atom. The first-order valence-electron chi connectivity index (χ1n) is 13.9. The molecule has 1 saturated heterocycles. The normalized spacial score (nSPS) is 19.0. The van der Waals surface area contributed by atoms with E-state index in [0.717, 1.165) is 0 Å². The molecule has 4 aromatic rings. The quantitative estimate of drug-likeness (QED) is 0.0990. The maximum Gasteiger partial charge on any atom is 0.341 e. The summed E-state index contributed by atoms with van der Waals surface area (Å²) in [6.07, 6.45) is -3.10. The zero-order valence-corrected chi connectivity index (χ0v) is 24.8. The average molecular weight is 632 g/mol. The maximum atomic E-state index is 12.3. The second kappa shape index (κ2) is 14.2. The van der Waals surface area contributed by atoms with Crippen molar-refractivity contribution in [3.63, 3.8) is 0 Å². The highest BCUT2D eigenvalue weighted by Crippen LogP contribution is 2.37. The number of nitrogens with zero attached hydrogens (tertiary/aromatic N) is 6. The van der Waals surface area contributed by atoms with Crippen molar-refractivity contribution >= 4 is 58.2 Å². The van der Waals surface area contributed by atoms with E-state index in [4.69, 9.17) is 18.9 Å². The monoisotopic (exact) mass is 631 g/mol. The van der Waals surface area contributed by atoms with Crippen molar-refractivity contribution in [1.29, 1.82) is 0 Å². The molecule has 2 amide bonds. The highest BCUT2D eigenvalue weighted by atomic mass is 16.7. The number of carbonyl (C=O) groups excluding carboxylic acids is 4.